The van der Waals surface area contributed by atoms with Gasteiger partial charge in [0.15, 0.2) is 12.4 Å². The third kappa shape index (κ3) is 5.95. The Morgan fingerprint density at radius 3 is 2.40 bits per heavy atom. The van der Waals surface area contributed by atoms with Crippen LogP contribution in [0.1, 0.15) is 30.6 Å². The molecule has 1 aromatic carbocycles. The second-order valence-electron chi connectivity index (χ2n) is 6.65. The fourth-order valence-corrected chi connectivity index (χ4v) is 3.38. The fraction of sp³-hybridized carbons (Fsp3) is 0.556. The molecule has 0 radical (unpaired) electrons. The first-order chi connectivity index (χ1) is 14.1. The second-order valence-corrected chi connectivity index (χ2v) is 7.99. The Balaban J connectivity index is 2.21. The van der Waals surface area contributed by atoms with Gasteiger partial charge in [-0.1, -0.05) is 6.92 Å². The van der Waals surface area contributed by atoms with Gasteiger partial charge in [0.05, 0.1) is 17.1 Å². The molecule has 1 heterocycles. The molecule has 0 aliphatic carbocycles. The summed E-state index contributed by atoms with van der Waals surface area (Å²) in [6, 6.07) is 2.78. The Morgan fingerprint density at radius 1 is 1.27 bits per heavy atom. The number of carbonyl (C=O) groups excluding carboxylic acids is 2. The third-order valence-corrected chi connectivity index (χ3v) is 5.16. The van der Waals surface area contributed by atoms with Crippen LogP contribution in [0.25, 0.3) is 0 Å². The molecule has 1 aromatic rings. The molecule has 1 aliphatic rings. The van der Waals surface area contributed by atoms with Crippen LogP contribution in [0.2, 0.25) is 0 Å². The van der Waals surface area contributed by atoms with Crippen LogP contribution in [0.3, 0.4) is 0 Å². The van der Waals surface area contributed by atoms with Crippen LogP contribution in [0.4, 0.5) is 3.89 Å². The maximum atomic E-state index is 13.0. The quantitative estimate of drug-likeness (QED) is 0.365. The molecule has 0 spiro atoms. The van der Waals surface area contributed by atoms with E-state index in [0.717, 1.165) is 24.3 Å². The lowest BCUT2D eigenvalue weighted by Gasteiger charge is -2.43. The normalized spacial score (nSPS) is 26.8. The van der Waals surface area contributed by atoms with Crippen LogP contribution >= 0.6 is 0 Å². The van der Waals surface area contributed by atoms with Gasteiger partial charge in [0, 0.05) is 13.5 Å². The van der Waals surface area contributed by atoms with Crippen molar-refractivity contribution in [3.63, 3.8) is 0 Å². The van der Waals surface area contributed by atoms with E-state index in [4.69, 9.17) is 14.2 Å². The van der Waals surface area contributed by atoms with Crippen LogP contribution in [0, 0.1) is 0 Å². The highest BCUT2D eigenvalue weighted by atomic mass is 32.3. The average Bonchev–Trinajstić information content (AvgIpc) is 2.69. The van der Waals surface area contributed by atoms with Crippen molar-refractivity contribution in [3.05, 3.63) is 29.8 Å². The zero-order valence-electron chi connectivity index (χ0n) is 16.4. The topological polar surface area (TPSA) is 148 Å². The molecule has 10 nitrogen and oxygen atoms in total. The molecule has 30 heavy (non-hydrogen) atoms. The number of rotatable bonds is 8. The molecule has 5 atom stereocenters. The standard InChI is InChI=1S/C18H24FNO9S/c1-3-8-27-18-14(20-10(2)22)15(23)16(13(9-21)28-18)29-17(24)11-4-6-12(7-5-11)30(19,25)26/h4-7,13-16,18,21,23H,3,8-9H2,1-2H3,(H,20,22)/t13-,14-,15-,16+,18-/m1/s1. The van der Waals surface area contributed by atoms with Gasteiger partial charge >= 0.3 is 16.2 Å². The Hall–Kier alpha value is -2.12. The van der Waals surface area contributed by atoms with E-state index in [1.807, 2.05) is 6.92 Å². The second kappa shape index (κ2) is 10.3. The number of carbonyl (C=O) groups is 2. The molecule has 1 fully saturated rings. The average molecular weight is 449 g/mol. The third-order valence-electron chi connectivity index (χ3n) is 4.32. The van der Waals surface area contributed by atoms with E-state index in [1.165, 1.54) is 6.92 Å². The first-order valence-corrected chi connectivity index (χ1v) is 10.6. The van der Waals surface area contributed by atoms with Crippen LogP contribution in [-0.4, -0.2) is 74.4 Å². The summed E-state index contributed by atoms with van der Waals surface area (Å²) in [6.07, 6.45) is -4.44. The summed E-state index contributed by atoms with van der Waals surface area (Å²) < 4.78 is 51.1. The maximum absolute atomic E-state index is 13.0. The minimum absolute atomic E-state index is 0.119. The first-order valence-electron chi connectivity index (χ1n) is 9.17. The SMILES string of the molecule is CCCO[C@@H]1O[C@H](CO)[C@H](OC(=O)c2ccc(S(=O)(=O)F)cc2)[C@H](O)[C@H]1NC(C)=O. The van der Waals surface area contributed by atoms with Crippen LogP contribution < -0.4 is 5.32 Å². The number of aliphatic hydroxyl groups excluding tert-OH is 2. The maximum Gasteiger partial charge on any atom is 0.338 e. The van der Waals surface area contributed by atoms with Crippen LogP contribution in [0.5, 0.6) is 0 Å². The van der Waals surface area contributed by atoms with Gasteiger partial charge in [-0.15, -0.1) is 3.89 Å². The van der Waals surface area contributed by atoms with E-state index in [-0.39, 0.29) is 12.2 Å². The first kappa shape index (κ1) is 24.2. The molecule has 0 unspecified atom stereocenters. The van der Waals surface area contributed by atoms with E-state index in [9.17, 15) is 32.1 Å². The van der Waals surface area contributed by atoms with E-state index in [1.54, 1.807) is 0 Å². The van der Waals surface area contributed by atoms with Gasteiger partial charge in [-0.05, 0) is 30.7 Å². The number of ether oxygens (including phenoxy) is 3. The summed E-state index contributed by atoms with van der Waals surface area (Å²) in [5.74, 6) is -1.46. The predicted molar refractivity (Wildman–Crippen MR) is 99.5 cm³/mol. The van der Waals surface area contributed by atoms with Gasteiger partial charge in [0.25, 0.3) is 0 Å². The Kier molecular flexibility index (Phi) is 8.26. The molecule has 2 rings (SSSR count). The molecule has 0 aromatic heterocycles. The minimum Gasteiger partial charge on any atom is -0.453 e. The fourth-order valence-electron chi connectivity index (χ4n) is 2.92. The molecular formula is C18H24FNO9S. The smallest absolute Gasteiger partial charge is 0.338 e. The molecule has 3 N–H and O–H groups in total. The highest BCUT2D eigenvalue weighted by Crippen LogP contribution is 2.26. The highest BCUT2D eigenvalue weighted by molar-refractivity contribution is 7.86. The Labute approximate surface area is 173 Å². The number of nitrogens with one attached hydrogen (secondary N) is 1. The van der Waals surface area contributed by atoms with E-state index < -0.39 is 64.2 Å². The van der Waals surface area contributed by atoms with E-state index in [0.29, 0.717) is 6.42 Å². The van der Waals surface area contributed by atoms with Gasteiger partial charge in [-0.3, -0.25) is 4.79 Å². The summed E-state index contributed by atoms with van der Waals surface area (Å²) in [4.78, 5) is 23.3. The number of hydrogen-bond donors (Lipinski definition) is 3. The molecule has 168 valence electrons. The molecular weight excluding hydrogens is 425 g/mol. The number of amides is 1. The van der Waals surface area contributed by atoms with E-state index >= 15 is 0 Å². The molecule has 1 aliphatic heterocycles. The minimum atomic E-state index is -4.93. The van der Waals surface area contributed by atoms with Crippen molar-refractivity contribution in [1.29, 1.82) is 0 Å². The predicted octanol–water partition coefficient (Wildman–Crippen LogP) is -0.120. The lowest BCUT2D eigenvalue weighted by molar-refractivity contribution is -0.269. The van der Waals surface area contributed by atoms with Gasteiger partial charge in [0.1, 0.15) is 18.2 Å². The Bertz CT molecular complexity index is 846. The molecule has 1 amide bonds. The molecule has 0 bridgehead atoms. The summed E-state index contributed by atoms with van der Waals surface area (Å²) in [5.41, 5.74) is -0.119. The summed E-state index contributed by atoms with van der Waals surface area (Å²) in [7, 11) is -4.93. The monoisotopic (exact) mass is 449 g/mol. The lowest BCUT2D eigenvalue weighted by Crippen LogP contribution is -2.65. The van der Waals surface area contributed by atoms with Gasteiger partial charge in [-0.2, -0.15) is 8.42 Å². The van der Waals surface area contributed by atoms with Crippen molar-refractivity contribution in [3.8, 4) is 0 Å². The number of aliphatic hydroxyl groups is 2. The summed E-state index contributed by atoms with van der Waals surface area (Å²) >= 11 is 0. The van der Waals surface area contributed by atoms with Crippen LogP contribution in [0.15, 0.2) is 29.2 Å². The number of hydrogen-bond acceptors (Lipinski definition) is 9. The van der Waals surface area contributed by atoms with Crippen molar-refractivity contribution in [2.24, 2.45) is 0 Å². The van der Waals surface area contributed by atoms with Crippen molar-refractivity contribution < 1.29 is 46.3 Å². The lowest BCUT2D eigenvalue weighted by atomic mass is 9.96. The number of halogens is 1. The van der Waals surface area contributed by atoms with E-state index in [2.05, 4.69) is 5.32 Å². The zero-order chi connectivity index (χ0) is 22.5. The van der Waals surface area contributed by atoms with Crippen molar-refractivity contribution in [1.82, 2.24) is 5.32 Å². The van der Waals surface area contributed by atoms with Crippen molar-refractivity contribution >= 4 is 22.1 Å². The van der Waals surface area contributed by atoms with Gasteiger partial charge < -0.3 is 29.7 Å². The molecule has 1 saturated heterocycles. The van der Waals surface area contributed by atoms with Crippen molar-refractivity contribution in [2.45, 2.75) is 55.8 Å². The molecule has 12 heteroatoms. The van der Waals surface area contributed by atoms with Crippen LogP contribution in [-0.2, 0) is 29.2 Å². The number of esters is 1. The Morgan fingerprint density at radius 2 is 1.90 bits per heavy atom. The zero-order valence-corrected chi connectivity index (χ0v) is 17.2. The summed E-state index contributed by atoms with van der Waals surface area (Å²) in [6.45, 7) is 2.72. The van der Waals surface area contributed by atoms with Gasteiger partial charge in [0.2, 0.25) is 5.91 Å². The van der Waals surface area contributed by atoms with Crippen molar-refractivity contribution in [2.75, 3.05) is 13.2 Å². The number of benzene rings is 1. The van der Waals surface area contributed by atoms with Gasteiger partial charge in [-0.25, -0.2) is 4.79 Å². The highest BCUT2D eigenvalue weighted by Gasteiger charge is 2.48. The molecule has 0 saturated carbocycles. The largest absolute Gasteiger partial charge is 0.453 e. The summed E-state index contributed by atoms with van der Waals surface area (Å²) in [5, 5.41) is 22.8.